The molecule has 0 aliphatic carbocycles. The molecule has 0 saturated heterocycles. The summed E-state index contributed by atoms with van der Waals surface area (Å²) < 4.78 is 84.6. The summed E-state index contributed by atoms with van der Waals surface area (Å²) in [5, 5.41) is 2.35. The van der Waals surface area contributed by atoms with E-state index in [-0.39, 0.29) is 16.9 Å². The molecule has 0 unspecified atom stereocenters. The number of hydrogen-bond acceptors (Lipinski definition) is 8. The largest absolute Gasteiger partial charge is 0.418 e. The maximum Gasteiger partial charge on any atom is 0.418 e. The Balaban J connectivity index is 1.19. The number of benzene rings is 6. The van der Waals surface area contributed by atoms with Crippen molar-refractivity contribution >= 4 is 43.6 Å². The molecule has 6 aromatic carbocycles. The molecule has 0 bridgehead atoms. The van der Waals surface area contributed by atoms with E-state index in [1.807, 2.05) is 24.3 Å². The number of halogens is 5. The van der Waals surface area contributed by atoms with E-state index >= 15 is 22.0 Å². The summed E-state index contributed by atoms with van der Waals surface area (Å²) in [5.41, 5.74) is 2.00. The lowest BCUT2D eigenvalue weighted by molar-refractivity contribution is -0.137. The van der Waals surface area contributed by atoms with Gasteiger partial charge in [0.05, 0.1) is 44.6 Å². The van der Waals surface area contributed by atoms with Crippen LogP contribution < -0.4 is 0 Å². The first-order chi connectivity index (χ1) is 33.2. The summed E-state index contributed by atoms with van der Waals surface area (Å²) in [6, 6.07) is 33.6. The molecule has 0 N–H and O–H groups in total. The summed E-state index contributed by atoms with van der Waals surface area (Å²) in [7, 11) is 0. The van der Waals surface area contributed by atoms with Crippen molar-refractivity contribution in [2.24, 2.45) is 0 Å². The van der Waals surface area contributed by atoms with Crippen molar-refractivity contribution < 1.29 is 22.0 Å². The van der Waals surface area contributed by atoms with Crippen LogP contribution in [0.3, 0.4) is 0 Å². The summed E-state index contributed by atoms with van der Waals surface area (Å²) in [4.78, 5) is 35.4. The third-order valence-corrected chi connectivity index (χ3v) is 12.0. The Labute approximate surface area is 381 Å². The first-order valence-electron chi connectivity index (χ1n) is 21.2. The van der Waals surface area contributed by atoms with Crippen molar-refractivity contribution in [2.45, 2.75) is 6.18 Å². The van der Waals surface area contributed by atoms with Gasteiger partial charge in [-0.3, -0.25) is 0 Å². The molecule has 326 valence electrons. The Morgan fingerprint density at radius 1 is 0.353 bits per heavy atom. The summed E-state index contributed by atoms with van der Waals surface area (Å²) >= 11 is 0. The highest BCUT2D eigenvalue weighted by molar-refractivity contribution is 6.13. The van der Waals surface area contributed by atoms with Crippen LogP contribution in [0.2, 0.25) is 0 Å². The van der Waals surface area contributed by atoms with Crippen molar-refractivity contribution in [3.05, 3.63) is 194 Å². The van der Waals surface area contributed by atoms with Gasteiger partial charge in [0.1, 0.15) is 11.6 Å². The number of nitrogens with zero attached hydrogens (tertiary/aromatic N) is 10. The topological polar surface area (TPSA) is 113 Å². The third kappa shape index (κ3) is 6.70. The molecule has 12 rings (SSSR count). The second-order valence-corrected chi connectivity index (χ2v) is 15.9. The number of alkyl halides is 3. The molecular weight excluding hydrogens is 872 g/mol. The Kier molecular flexibility index (Phi) is 9.39. The third-order valence-electron chi connectivity index (χ3n) is 12.0. The van der Waals surface area contributed by atoms with Gasteiger partial charge in [0.15, 0.2) is 23.3 Å². The van der Waals surface area contributed by atoms with E-state index in [1.165, 1.54) is 16.7 Å². The number of aromatic nitrogens is 10. The predicted octanol–water partition coefficient (Wildman–Crippen LogP) is 12.7. The van der Waals surface area contributed by atoms with Crippen molar-refractivity contribution in [1.82, 2.24) is 49.0 Å². The van der Waals surface area contributed by atoms with Gasteiger partial charge in [-0.25, -0.2) is 48.7 Å². The second kappa shape index (κ2) is 15.8. The molecule has 6 heterocycles. The van der Waals surface area contributed by atoms with E-state index in [4.69, 9.17) is 0 Å². The van der Waals surface area contributed by atoms with E-state index in [1.54, 1.807) is 127 Å². The van der Waals surface area contributed by atoms with E-state index < -0.39 is 28.9 Å². The SMILES string of the molecule is Fc1cccc(F)c1-c1cc(-n2c3ccc(-c4ncccn4)cc3c3cc(-c4ncccn4)ccc32)c(C(F)(F)F)cc1-n1c2ccc(-c3ncccn3)cc2c2cc(-c3ncccn3)ccc21. The van der Waals surface area contributed by atoms with Crippen LogP contribution in [-0.2, 0) is 6.18 Å². The standard InChI is InChI=1S/C53H29F5N10/c54-40-6-1-7-41(55)48(40)38-28-47(68-44-14-10-32(51-63-20-4-21-64-51)26-36(44)37-27-33(11-15-45(37)68)52-65-22-5-23-66-52)39(53(56,57)58)29-46(38)67-42-12-8-30(49-59-16-2-17-60-49)24-34(42)35-25-31(9-13-43(35)67)50-61-18-3-19-62-50/h1-29H. The van der Waals surface area contributed by atoms with Crippen LogP contribution in [0.15, 0.2) is 177 Å². The first kappa shape index (κ1) is 40.4. The fraction of sp³-hybridized carbons (Fsp3) is 0.0189. The van der Waals surface area contributed by atoms with Crippen molar-refractivity contribution in [3.63, 3.8) is 0 Å². The fourth-order valence-electron chi connectivity index (χ4n) is 9.04. The van der Waals surface area contributed by atoms with Gasteiger partial charge in [-0.1, -0.05) is 6.07 Å². The van der Waals surface area contributed by atoms with E-state index in [9.17, 15) is 0 Å². The molecule has 10 nitrogen and oxygen atoms in total. The van der Waals surface area contributed by atoms with Gasteiger partial charge in [0.25, 0.3) is 0 Å². The highest BCUT2D eigenvalue weighted by Gasteiger charge is 2.37. The lowest BCUT2D eigenvalue weighted by Gasteiger charge is -2.22. The molecule has 12 aromatic rings. The molecule has 6 aromatic heterocycles. The van der Waals surface area contributed by atoms with E-state index in [2.05, 4.69) is 39.9 Å². The van der Waals surface area contributed by atoms with Crippen LogP contribution in [0.1, 0.15) is 5.56 Å². The molecule has 15 heteroatoms. The quantitative estimate of drug-likeness (QED) is 0.145. The number of hydrogen-bond donors (Lipinski definition) is 0. The predicted molar refractivity (Wildman–Crippen MR) is 250 cm³/mol. The van der Waals surface area contributed by atoms with Gasteiger partial charge in [-0.2, -0.15) is 13.2 Å². The molecule has 0 radical (unpaired) electrons. The zero-order valence-corrected chi connectivity index (χ0v) is 35.1. The lowest BCUT2D eigenvalue weighted by atomic mass is 9.97. The minimum atomic E-state index is -5.00. The average Bonchev–Trinajstić information content (AvgIpc) is 3.88. The van der Waals surface area contributed by atoms with Gasteiger partial charge in [0, 0.05) is 98.9 Å². The molecule has 0 aliphatic heterocycles. The summed E-state index contributed by atoms with van der Waals surface area (Å²) in [5.74, 6) is -0.261. The highest BCUT2D eigenvalue weighted by Crippen LogP contribution is 2.47. The van der Waals surface area contributed by atoms with Gasteiger partial charge < -0.3 is 9.13 Å². The zero-order chi connectivity index (χ0) is 46.1. The van der Waals surface area contributed by atoms with Crippen LogP contribution in [-0.4, -0.2) is 49.0 Å². The number of fused-ring (bicyclic) bond motifs is 6. The Morgan fingerprint density at radius 2 is 0.676 bits per heavy atom. The van der Waals surface area contributed by atoms with Crippen LogP contribution in [0.4, 0.5) is 22.0 Å². The summed E-state index contributed by atoms with van der Waals surface area (Å²) in [6.07, 6.45) is 7.86. The smallest absolute Gasteiger partial charge is 0.309 e. The molecule has 0 aliphatic rings. The van der Waals surface area contributed by atoms with Crippen molar-refractivity contribution in [3.8, 4) is 68.1 Å². The molecular formula is C53H29F5N10. The second-order valence-electron chi connectivity index (χ2n) is 15.9. The Hall–Kier alpha value is -9.11. The maximum atomic E-state index is 16.5. The van der Waals surface area contributed by atoms with Crippen LogP contribution in [0, 0.1) is 11.6 Å². The summed E-state index contributed by atoms with van der Waals surface area (Å²) in [6.45, 7) is 0. The van der Waals surface area contributed by atoms with Crippen molar-refractivity contribution in [1.29, 1.82) is 0 Å². The van der Waals surface area contributed by atoms with Crippen LogP contribution >= 0.6 is 0 Å². The first-order valence-corrected chi connectivity index (χ1v) is 21.2. The van der Waals surface area contributed by atoms with Gasteiger partial charge in [0.2, 0.25) is 0 Å². The molecule has 0 atom stereocenters. The molecule has 0 fully saturated rings. The molecule has 68 heavy (non-hydrogen) atoms. The van der Waals surface area contributed by atoms with Crippen LogP contribution in [0.25, 0.3) is 112 Å². The molecule has 0 amide bonds. The Bertz CT molecular complexity index is 3700. The Morgan fingerprint density at radius 3 is 1.00 bits per heavy atom. The van der Waals surface area contributed by atoms with Gasteiger partial charge in [-0.15, -0.1) is 0 Å². The minimum Gasteiger partial charge on any atom is -0.309 e. The average molecular weight is 901 g/mol. The fourth-order valence-corrected chi connectivity index (χ4v) is 9.04. The molecule has 0 spiro atoms. The normalized spacial score (nSPS) is 11.9. The maximum absolute atomic E-state index is 16.5. The number of rotatable bonds is 7. The van der Waals surface area contributed by atoms with Crippen LogP contribution in [0.5, 0.6) is 0 Å². The monoisotopic (exact) mass is 900 g/mol. The van der Waals surface area contributed by atoms with Crippen molar-refractivity contribution in [2.75, 3.05) is 0 Å². The zero-order valence-electron chi connectivity index (χ0n) is 35.1. The van der Waals surface area contributed by atoms with E-state index in [0.29, 0.717) is 89.2 Å². The van der Waals surface area contributed by atoms with E-state index in [0.717, 1.165) is 18.2 Å². The highest BCUT2D eigenvalue weighted by atomic mass is 19.4. The minimum absolute atomic E-state index is 0.120. The molecule has 0 saturated carbocycles. The van der Waals surface area contributed by atoms with Gasteiger partial charge >= 0.3 is 6.18 Å². The van der Waals surface area contributed by atoms with Gasteiger partial charge in [-0.05, 0) is 121 Å². The lowest BCUT2D eigenvalue weighted by Crippen LogP contribution is -2.13.